The molecule has 1 rings (SSSR count). The molecule has 1 amide bonds. The largest absolute Gasteiger partial charge is 0.356 e. The molecule has 0 aromatic heterocycles. The lowest BCUT2D eigenvalue weighted by Crippen LogP contribution is -2.24. The van der Waals surface area contributed by atoms with Crippen LogP contribution in [0.5, 0.6) is 0 Å². The van der Waals surface area contributed by atoms with Gasteiger partial charge in [0.05, 0.1) is 12.0 Å². The molecule has 1 unspecified atom stereocenters. The molecule has 0 saturated heterocycles. The van der Waals surface area contributed by atoms with E-state index in [0.717, 1.165) is 17.5 Å². The Hall–Kier alpha value is -1.82. The summed E-state index contributed by atoms with van der Waals surface area (Å²) >= 11 is 0. The van der Waals surface area contributed by atoms with Crippen LogP contribution in [0, 0.1) is 18.3 Å². The third-order valence-corrected chi connectivity index (χ3v) is 2.83. The summed E-state index contributed by atoms with van der Waals surface area (Å²) < 4.78 is 0. The number of nitrogens with one attached hydrogen (secondary N) is 1. The van der Waals surface area contributed by atoms with Gasteiger partial charge in [0.15, 0.2) is 0 Å². The van der Waals surface area contributed by atoms with Gasteiger partial charge in [-0.1, -0.05) is 36.8 Å². The number of nitriles is 1. The minimum absolute atomic E-state index is 0.0322. The van der Waals surface area contributed by atoms with Crippen LogP contribution in [-0.2, 0) is 4.79 Å². The Morgan fingerprint density at radius 2 is 2.28 bits per heavy atom. The summed E-state index contributed by atoms with van der Waals surface area (Å²) in [7, 11) is 0. The summed E-state index contributed by atoms with van der Waals surface area (Å²) in [5.74, 6) is -0.165. The Labute approximate surface area is 109 Å². The summed E-state index contributed by atoms with van der Waals surface area (Å²) in [5.41, 5.74) is 2.14. The van der Waals surface area contributed by atoms with Crippen LogP contribution in [0.15, 0.2) is 24.3 Å². The van der Waals surface area contributed by atoms with Crippen LogP contribution in [-0.4, -0.2) is 12.5 Å². The molecule has 3 nitrogen and oxygen atoms in total. The zero-order chi connectivity index (χ0) is 13.4. The number of hydrogen-bond acceptors (Lipinski definition) is 2. The van der Waals surface area contributed by atoms with Crippen molar-refractivity contribution < 1.29 is 4.79 Å². The number of nitrogens with zero attached hydrogens (tertiary/aromatic N) is 1. The number of benzene rings is 1. The van der Waals surface area contributed by atoms with Gasteiger partial charge < -0.3 is 5.32 Å². The normalized spacial score (nSPS) is 11.6. The Bertz CT molecular complexity index is 434. The van der Waals surface area contributed by atoms with Crippen molar-refractivity contribution in [1.29, 1.82) is 5.26 Å². The first kappa shape index (κ1) is 14.2. The van der Waals surface area contributed by atoms with Crippen molar-refractivity contribution in [1.82, 2.24) is 5.32 Å². The van der Waals surface area contributed by atoms with E-state index in [9.17, 15) is 10.1 Å². The Morgan fingerprint density at radius 3 is 2.89 bits per heavy atom. The fraction of sp³-hybridized carbons (Fsp3) is 0.467. The Balaban J connectivity index is 2.53. The molecule has 0 fully saturated rings. The third-order valence-electron chi connectivity index (χ3n) is 2.83. The molecule has 0 saturated carbocycles. The first-order valence-corrected chi connectivity index (χ1v) is 6.40. The fourth-order valence-electron chi connectivity index (χ4n) is 1.82. The van der Waals surface area contributed by atoms with Crippen molar-refractivity contribution in [2.75, 3.05) is 6.54 Å². The predicted molar refractivity (Wildman–Crippen MR) is 72.1 cm³/mol. The summed E-state index contributed by atoms with van der Waals surface area (Å²) in [6.07, 6.45) is 1.92. The molecule has 0 bridgehead atoms. The van der Waals surface area contributed by atoms with E-state index in [0.29, 0.717) is 19.4 Å². The first-order chi connectivity index (χ1) is 8.67. The highest BCUT2D eigenvalue weighted by Crippen LogP contribution is 2.21. The van der Waals surface area contributed by atoms with Crippen LogP contribution in [0.3, 0.4) is 0 Å². The van der Waals surface area contributed by atoms with Gasteiger partial charge in [0, 0.05) is 13.0 Å². The van der Waals surface area contributed by atoms with Crippen molar-refractivity contribution in [2.24, 2.45) is 0 Å². The quantitative estimate of drug-likeness (QED) is 0.836. The second-order valence-corrected chi connectivity index (χ2v) is 4.48. The SMILES string of the molecule is CCCNC(=O)CCC(C#N)c1cccc(C)c1. The van der Waals surface area contributed by atoms with Crippen LogP contribution in [0.25, 0.3) is 0 Å². The third kappa shape index (κ3) is 4.58. The highest BCUT2D eigenvalue weighted by molar-refractivity contribution is 5.75. The number of rotatable bonds is 6. The number of hydrogen-bond donors (Lipinski definition) is 1. The van der Waals surface area contributed by atoms with Gasteiger partial charge in [0.25, 0.3) is 0 Å². The smallest absolute Gasteiger partial charge is 0.220 e. The van der Waals surface area contributed by atoms with Crippen LogP contribution in [0.2, 0.25) is 0 Å². The van der Waals surface area contributed by atoms with Crippen molar-refractivity contribution in [3.05, 3.63) is 35.4 Å². The van der Waals surface area contributed by atoms with Gasteiger partial charge in [-0.15, -0.1) is 0 Å². The molecule has 0 heterocycles. The Kier molecular flexibility index (Phi) is 5.93. The number of aryl methyl sites for hydroxylation is 1. The fourth-order valence-corrected chi connectivity index (χ4v) is 1.82. The maximum Gasteiger partial charge on any atom is 0.220 e. The molecule has 3 heteroatoms. The standard InChI is InChI=1S/C15H20N2O/c1-3-9-17-15(18)8-7-14(11-16)13-6-4-5-12(2)10-13/h4-6,10,14H,3,7-9H2,1-2H3,(H,17,18). The molecule has 1 aromatic rings. The van der Waals surface area contributed by atoms with Gasteiger partial charge in [0.1, 0.15) is 0 Å². The van der Waals surface area contributed by atoms with Crippen LogP contribution >= 0.6 is 0 Å². The molecular formula is C15H20N2O. The van der Waals surface area contributed by atoms with Crippen molar-refractivity contribution in [2.45, 2.75) is 39.0 Å². The highest BCUT2D eigenvalue weighted by atomic mass is 16.1. The van der Waals surface area contributed by atoms with E-state index in [4.69, 9.17) is 0 Å². The first-order valence-electron chi connectivity index (χ1n) is 6.40. The molecule has 0 aliphatic rings. The number of carbonyl (C=O) groups excluding carboxylic acids is 1. The summed E-state index contributed by atoms with van der Waals surface area (Å²) in [4.78, 5) is 11.5. The molecular weight excluding hydrogens is 224 g/mol. The minimum atomic E-state index is -0.197. The van der Waals surface area contributed by atoms with E-state index in [1.54, 1.807) is 0 Å². The molecule has 0 aliphatic heterocycles. The van der Waals surface area contributed by atoms with Crippen LogP contribution in [0.1, 0.15) is 43.2 Å². The highest BCUT2D eigenvalue weighted by Gasteiger charge is 2.12. The number of carbonyl (C=O) groups is 1. The van der Waals surface area contributed by atoms with Crippen molar-refractivity contribution in [3.8, 4) is 6.07 Å². The molecule has 1 aromatic carbocycles. The zero-order valence-corrected chi connectivity index (χ0v) is 11.1. The van der Waals surface area contributed by atoms with Crippen LogP contribution < -0.4 is 5.32 Å². The Morgan fingerprint density at radius 1 is 1.50 bits per heavy atom. The molecule has 96 valence electrons. The second-order valence-electron chi connectivity index (χ2n) is 4.48. The second kappa shape index (κ2) is 7.50. The molecule has 0 aliphatic carbocycles. The van der Waals surface area contributed by atoms with E-state index in [2.05, 4.69) is 11.4 Å². The maximum atomic E-state index is 11.5. The maximum absolute atomic E-state index is 11.5. The average molecular weight is 244 g/mol. The van der Waals surface area contributed by atoms with Gasteiger partial charge in [-0.3, -0.25) is 4.79 Å². The predicted octanol–water partition coefficient (Wildman–Crippen LogP) is 2.91. The molecule has 1 atom stereocenters. The van der Waals surface area contributed by atoms with E-state index in [1.165, 1.54) is 0 Å². The van der Waals surface area contributed by atoms with Crippen molar-refractivity contribution in [3.63, 3.8) is 0 Å². The zero-order valence-electron chi connectivity index (χ0n) is 11.1. The summed E-state index contributed by atoms with van der Waals surface area (Å²) in [6.45, 7) is 4.73. The van der Waals surface area contributed by atoms with E-state index in [1.807, 2.05) is 38.1 Å². The van der Waals surface area contributed by atoms with Crippen LogP contribution in [0.4, 0.5) is 0 Å². The topological polar surface area (TPSA) is 52.9 Å². The molecule has 1 N–H and O–H groups in total. The van der Waals surface area contributed by atoms with Gasteiger partial charge in [-0.05, 0) is 25.3 Å². The molecule has 18 heavy (non-hydrogen) atoms. The van der Waals surface area contributed by atoms with E-state index < -0.39 is 0 Å². The lowest BCUT2D eigenvalue weighted by Gasteiger charge is -2.10. The van der Waals surface area contributed by atoms with Gasteiger partial charge in [0.2, 0.25) is 5.91 Å². The lowest BCUT2D eigenvalue weighted by atomic mass is 9.94. The number of amides is 1. The minimum Gasteiger partial charge on any atom is -0.356 e. The average Bonchev–Trinajstić information content (AvgIpc) is 2.37. The van der Waals surface area contributed by atoms with E-state index >= 15 is 0 Å². The monoisotopic (exact) mass is 244 g/mol. The molecule has 0 spiro atoms. The van der Waals surface area contributed by atoms with E-state index in [-0.39, 0.29) is 11.8 Å². The van der Waals surface area contributed by atoms with Crippen molar-refractivity contribution >= 4 is 5.91 Å². The molecule has 0 radical (unpaired) electrons. The lowest BCUT2D eigenvalue weighted by molar-refractivity contribution is -0.121. The van der Waals surface area contributed by atoms with Gasteiger partial charge >= 0.3 is 0 Å². The summed E-state index contributed by atoms with van der Waals surface area (Å²) in [6, 6.07) is 10.2. The summed E-state index contributed by atoms with van der Waals surface area (Å²) in [5, 5.41) is 12.0. The van der Waals surface area contributed by atoms with Gasteiger partial charge in [-0.25, -0.2) is 0 Å². The van der Waals surface area contributed by atoms with Gasteiger partial charge in [-0.2, -0.15) is 5.26 Å².